The molecule has 1 aliphatic heterocycles. The fourth-order valence-electron chi connectivity index (χ4n) is 2.12. The van der Waals surface area contributed by atoms with Crippen molar-refractivity contribution in [2.24, 2.45) is 0 Å². The standard InChI is InChI=1S/C11H9ClN2O2/c12-10-7(15)2-1-5-8(10)9-6(14-5)3-4-13-11(9)16/h1-2,14-15H,3-4H2,(H,13,16). The Morgan fingerprint density at radius 2 is 2.19 bits per heavy atom. The van der Waals surface area contributed by atoms with Gasteiger partial charge in [0.15, 0.2) is 0 Å². The van der Waals surface area contributed by atoms with Crippen LogP contribution in [-0.2, 0) is 6.42 Å². The molecule has 0 radical (unpaired) electrons. The van der Waals surface area contributed by atoms with E-state index < -0.39 is 0 Å². The van der Waals surface area contributed by atoms with Gasteiger partial charge < -0.3 is 15.4 Å². The van der Waals surface area contributed by atoms with Crippen LogP contribution in [0.15, 0.2) is 12.1 Å². The molecule has 0 spiro atoms. The largest absolute Gasteiger partial charge is 0.506 e. The molecule has 2 heterocycles. The molecule has 3 rings (SSSR count). The van der Waals surface area contributed by atoms with Crippen LogP contribution < -0.4 is 5.32 Å². The number of carbonyl (C=O) groups excluding carboxylic acids is 1. The van der Waals surface area contributed by atoms with E-state index in [-0.39, 0.29) is 16.7 Å². The third-order valence-electron chi connectivity index (χ3n) is 2.85. The van der Waals surface area contributed by atoms with Crippen molar-refractivity contribution in [3.05, 3.63) is 28.4 Å². The van der Waals surface area contributed by atoms with E-state index >= 15 is 0 Å². The fourth-order valence-corrected chi connectivity index (χ4v) is 2.38. The molecule has 1 amide bonds. The highest BCUT2D eigenvalue weighted by molar-refractivity contribution is 6.38. The number of carbonyl (C=O) groups is 1. The maximum Gasteiger partial charge on any atom is 0.253 e. The summed E-state index contributed by atoms with van der Waals surface area (Å²) in [7, 11) is 0. The summed E-state index contributed by atoms with van der Waals surface area (Å²) in [5.74, 6) is -0.144. The fraction of sp³-hybridized carbons (Fsp3) is 0.182. The van der Waals surface area contributed by atoms with Crippen molar-refractivity contribution >= 4 is 28.4 Å². The number of nitrogens with one attached hydrogen (secondary N) is 2. The van der Waals surface area contributed by atoms with Crippen LogP contribution in [0.5, 0.6) is 5.75 Å². The van der Waals surface area contributed by atoms with Crippen LogP contribution in [0.25, 0.3) is 10.9 Å². The first-order chi connectivity index (χ1) is 7.68. The molecule has 16 heavy (non-hydrogen) atoms. The Morgan fingerprint density at radius 1 is 1.38 bits per heavy atom. The molecule has 0 saturated heterocycles. The highest BCUT2D eigenvalue weighted by Crippen LogP contribution is 2.36. The topological polar surface area (TPSA) is 65.1 Å². The minimum absolute atomic E-state index is 0.00524. The summed E-state index contributed by atoms with van der Waals surface area (Å²) >= 11 is 6.02. The van der Waals surface area contributed by atoms with E-state index in [4.69, 9.17) is 11.6 Å². The Bertz CT molecular complexity index is 604. The molecule has 1 aromatic heterocycles. The summed E-state index contributed by atoms with van der Waals surface area (Å²) in [5, 5.41) is 13.1. The van der Waals surface area contributed by atoms with E-state index in [1.807, 2.05) is 0 Å². The number of benzene rings is 1. The number of aromatic nitrogens is 1. The first-order valence-electron chi connectivity index (χ1n) is 4.98. The molecule has 4 nitrogen and oxygen atoms in total. The zero-order valence-corrected chi connectivity index (χ0v) is 9.06. The number of aromatic hydroxyl groups is 1. The molecule has 0 atom stereocenters. The van der Waals surface area contributed by atoms with Gasteiger partial charge in [-0.05, 0) is 12.1 Å². The van der Waals surface area contributed by atoms with Crippen molar-refractivity contribution in [3.8, 4) is 5.75 Å². The lowest BCUT2D eigenvalue weighted by molar-refractivity contribution is 0.0947. The third-order valence-corrected chi connectivity index (χ3v) is 3.23. The third kappa shape index (κ3) is 1.13. The number of aromatic amines is 1. The molecule has 2 aromatic rings. The predicted molar refractivity (Wildman–Crippen MR) is 61.0 cm³/mol. The molecule has 1 aliphatic rings. The molecule has 0 bridgehead atoms. The number of hydrogen-bond acceptors (Lipinski definition) is 2. The normalized spacial score (nSPS) is 14.9. The molecular formula is C11H9ClN2O2. The lowest BCUT2D eigenvalue weighted by atomic mass is 10.1. The minimum atomic E-state index is -0.139. The summed E-state index contributed by atoms with van der Waals surface area (Å²) in [6.07, 6.45) is 0.757. The smallest absolute Gasteiger partial charge is 0.253 e. The minimum Gasteiger partial charge on any atom is -0.506 e. The first-order valence-corrected chi connectivity index (χ1v) is 5.36. The van der Waals surface area contributed by atoms with Crippen LogP contribution in [0.2, 0.25) is 5.02 Å². The van der Waals surface area contributed by atoms with Crippen molar-refractivity contribution < 1.29 is 9.90 Å². The van der Waals surface area contributed by atoms with Crippen molar-refractivity contribution in [1.29, 1.82) is 0 Å². The number of halogens is 1. The molecular weight excluding hydrogens is 228 g/mol. The zero-order valence-electron chi connectivity index (χ0n) is 8.30. The Labute approximate surface area is 96.2 Å². The number of hydrogen-bond donors (Lipinski definition) is 3. The average molecular weight is 237 g/mol. The van der Waals surface area contributed by atoms with Gasteiger partial charge in [-0.15, -0.1) is 0 Å². The highest BCUT2D eigenvalue weighted by Gasteiger charge is 2.24. The number of fused-ring (bicyclic) bond motifs is 3. The van der Waals surface area contributed by atoms with Crippen LogP contribution in [-0.4, -0.2) is 22.5 Å². The summed E-state index contributed by atoms with van der Waals surface area (Å²) < 4.78 is 0. The van der Waals surface area contributed by atoms with Gasteiger partial charge in [-0.25, -0.2) is 0 Å². The van der Waals surface area contributed by atoms with Gasteiger partial charge in [0.05, 0.1) is 10.6 Å². The van der Waals surface area contributed by atoms with Gasteiger partial charge in [0.2, 0.25) is 0 Å². The van der Waals surface area contributed by atoms with Gasteiger partial charge >= 0.3 is 0 Å². The molecule has 0 aliphatic carbocycles. The average Bonchev–Trinajstić information content (AvgIpc) is 2.64. The van der Waals surface area contributed by atoms with Crippen molar-refractivity contribution in [2.75, 3.05) is 6.54 Å². The maximum atomic E-state index is 11.8. The number of H-pyrrole nitrogens is 1. The molecule has 1 aromatic carbocycles. The second-order valence-corrected chi connectivity index (χ2v) is 4.18. The van der Waals surface area contributed by atoms with Gasteiger partial charge in [-0.1, -0.05) is 11.6 Å². The molecule has 0 fully saturated rings. The Balaban J connectivity index is 2.44. The highest BCUT2D eigenvalue weighted by atomic mass is 35.5. The van der Waals surface area contributed by atoms with Crippen LogP contribution in [0, 0.1) is 0 Å². The van der Waals surface area contributed by atoms with Gasteiger partial charge in [0.1, 0.15) is 5.75 Å². The second kappa shape index (κ2) is 3.15. The van der Waals surface area contributed by atoms with E-state index in [9.17, 15) is 9.90 Å². The molecule has 5 heteroatoms. The van der Waals surface area contributed by atoms with Crippen LogP contribution >= 0.6 is 11.6 Å². The van der Waals surface area contributed by atoms with Crippen LogP contribution in [0.4, 0.5) is 0 Å². The predicted octanol–water partition coefficient (Wildman–Crippen LogP) is 1.81. The first kappa shape index (κ1) is 9.54. The van der Waals surface area contributed by atoms with E-state index in [1.54, 1.807) is 6.07 Å². The molecule has 3 N–H and O–H groups in total. The van der Waals surface area contributed by atoms with E-state index in [1.165, 1.54) is 6.07 Å². The maximum absolute atomic E-state index is 11.8. The van der Waals surface area contributed by atoms with Crippen molar-refractivity contribution in [1.82, 2.24) is 10.3 Å². The molecule has 0 saturated carbocycles. The Hall–Kier alpha value is -1.68. The van der Waals surface area contributed by atoms with E-state index in [0.29, 0.717) is 17.5 Å². The number of rotatable bonds is 0. The quantitative estimate of drug-likeness (QED) is 0.653. The van der Waals surface area contributed by atoms with Gasteiger partial charge in [-0.3, -0.25) is 4.79 Å². The van der Waals surface area contributed by atoms with Gasteiger partial charge in [-0.2, -0.15) is 0 Å². The lowest BCUT2D eigenvalue weighted by Gasteiger charge is -2.12. The molecule has 82 valence electrons. The number of phenolic OH excluding ortho intramolecular Hbond substituents is 1. The zero-order chi connectivity index (χ0) is 11.3. The molecule has 0 unspecified atom stereocenters. The summed E-state index contributed by atoms with van der Waals surface area (Å²) in [6, 6.07) is 3.24. The van der Waals surface area contributed by atoms with Crippen molar-refractivity contribution in [3.63, 3.8) is 0 Å². The van der Waals surface area contributed by atoms with Crippen molar-refractivity contribution in [2.45, 2.75) is 6.42 Å². The lowest BCUT2D eigenvalue weighted by Crippen LogP contribution is -2.31. The Morgan fingerprint density at radius 3 is 3.00 bits per heavy atom. The van der Waals surface area contributed by atoms with Crippen LogP contribution in [0.3, 0.4) is 0 Å². The van der Waals surface area contributed by atoms with Crippen LogP contribution in [0.1, 0.15) is 16.1 Å². The summed E-state index contributed by atoms with van der Waals surface area (Å²) in [4.78, 5) is 14.9. The SMILES string of the molecule is O=C1NCCc2[nH]c3ccc(O)c(Cl)c3c21. The number of phenols is 1. The van der Waals surface area contributed by atoms with E-state index in [2.05, 4.69) is 10.3 Å². The summed E-state index contributed by atoms with van der Waals surface area (Å²) in [6.45, 7) is 0.627. The number of amides is 1. The Kier molecular flexibility index (Phi) is 1.88. The second-order valence-electron chi connectivity index (χ2n) is 3.81. The van der Waals surface area contributed by atoms with E-state index in [0.717, 1.165) is 17.6 Å². The van der Waals surface area contributed by atoms with Gasteiger partial charge in [0.25, 0.3) is 5.91 Å². The summed E-state index contributed by atoms with van der Waals surface area (Å²) in [5.41, 5.74) is 2.22. The van der Waals surface area contributed by atoms with Gasteiger partial charge in [0, 0.05) is 29.6 Å². The monoisotopic (exact) mass is 236 g/mol.